The summed E-state index contributed by atoms with van der Waals surface area (Å²) < 4.78 is 5.61. The molecule has 0 aromatic carbocycles. The molecule has 7 heteroatoms. The standard InChI is InChI=1S/C23H25N5O2/c1-16-12-18(7-10-25-16)21(29)28-11-3-8-23(15-28,13-17-5-6-17)22-26-20(30-27-22)19-4-2-9-24-14-19/h2,4,7,9-10,12,14,17H,3,5-6,8,11,13,15H2,1H3. The van der Waals surface area contributed by atoms with Gasteiger partial charge in [-0.25, -0.2) is 0 Å². The summed E-state index contributed by atoms with van der Waals surface area (Å²) in [6.07, 6.45) is 10.5. The predicted molar refractivity (Wildman–Crippen MR) is 111 cm³/mol. The quantitative estimate of drug-likeness (QED) is 0.644. The summed E-state index contributed by atoms with van der Waals surface area (Å²) >= 11 is 0. The van der Waals surface area contributed by atoms with E-state index in [1.807, 2.05) is 30.0 Å². The van der Waals surface area contributed by atoms with E-state index in [9.17, 15) is 4.79 Å². The molecule has 30 heavy (non-hydrogen) atoms. The number of rotatable bonds is 5. The van der Waals surface area contributed by atoms with Crippen LogP contribution >= 0.6 is 0 Å². The molecule has 3 aromatic rings. The van der Waals surface area contributed by atoms with Crippen LogP contribution in [0.2, 0.25) is 0 Å². The minimum atomic E-state index is -0.263. The lowest BCUT2D eigenvalue weighted by atomic mass is 9.74. The van der Waals surface area contributed by atoms with Crippen molar-refractivity contribution in [1.82, 2.24) is 25.0 Å². The first-order chi connectivity index (χ1) is 14.6. The molecule has 3 aromatic heterocycles. The number of aromatic nitrogens is 4. The van der Waals surface area contributed by atoms with Gasteiger partial charge in [0.15, 0.2) is 5.82 Å². The molecule has 0 N–H and O–H groups in total. The molecule has 2 fully saturated rings. The summed E-state index contributed by atoms with van der Waals surface area (Å²) in [7, 11) is 0. The molecule has 1 aliphatic carbocycles. The van der Waals surface area contributed by atoms with Gasteiger partial charge < -0.3 is 9.42 Å². The van der Waals surface area contributed by atoms with Gasteiger partial charge in [0, 0.05) is 42.9 Å². The van der Waals surface area contributed by atoms with Crippen LogP contribution in [0, 0.1) is 12.8 Å². The lowest BCUT2D eigenvalue weighted by molar-refractivity contribution is 0.0607. The molecular weight excluding hydrogens is 378 g/mol. The van der Waals surface area contributed by atoms with Crippen LogP contribution in [0.5, 0.6) is 0 Å². The molecule has 154 valence electrons. The highest BCUT2D eigenvalue weighted by molar-refractivity contribution is 5.94. The van der Waals surface area contributed by atoms with Crippen LogP contribution < -0.4 is 0 Å². The Morgan fingerprint density at radius 1 is 1.30 bits per heavy atom. The Hall–Kier alpha value is -3.09. The van der Waals surface area contributed by atoms with E-state index in [1.165, 1.54) is 12.8 Å². The van der Waals surface area contributed by atoms with E-state index in [0.29, 0.717) is 23.9 Å². The molecule has 0 spiro atoms. The summed E-state index contributed by atoms with van der Waals surface area (Å²) in [6.45, 7) is 3.28. The zero-order valence-electron chi connectivity index (χ0n) is 17.1. The van der Waals surface area contributed by atoms with Gasteiger partial charge in [-0.15, -0.1) is 0 Å². The van der Waals surface area contributed by atoms with Crippen molar-refractivity contribution in [3.63, 3.8) is 0 Å². The molecule has 1 atom stereocenters. The molecular formula is C23H25N5O2. The Bertz CT molecular complexity index is 1050. The summed E-state index contributed by atoms with van der Waals surface area (Å²) in [5.41, 5.74) is 2.09. The van der Waals surface area contributed by atoms with Gasteiger partial charge in [0.05, 0.1) is 11.0 Å². The minimum Gasteiger partial charge on any atom is -0.338 e. The Morgan fingerprint density at radius 3 is 2.97 bits per heavy atom. The number of carbonyl (C=O) groups excluding carboxylic acids is 1. The van der Waals surface area contributed by atoms with Crippen molar-refractivity contribution >= 4 is 5.91 Å². The second kappa shape index (κ2) is 7.63. The van der Waals surface area contributed by atoms with E-state index in [-0.39, 0.29) is 11.3 Å². The number of hydrogen-bond donors (Lipinski definition) is 0. The summed E-state index contributed by atoms with van der Waals surface area (Å²) in [5.74, 6) is 1.94. The number of piperidine rings is 1. The van der Waals surface area contributed by atoms with Gasteiger partial charge >= 0.3 is 0 Å². The van der Waals surface area contributed by atoms with E-state index < -0.39 is 0 Å². The summed E-state index contributed by atoms with van der Waals surface area (Å²) in [4.78, 5) is 28.3. The molecule has 0 radical (unpaired) electrons. The Kier molecular flexibility index (Phi) is 4.81. The van der Waals surface area contributed by atoms with E-state index in [1.54, 1.807) is 24.7 Å². The van der Waals surface area contributed by atoms with Crippen molar-refractivity contribution in [2.75, 3.05) is 13.1 Å². The minimum absolute atomic E-state index is 0.0522. The summed E-state index contributed by atoms with van der Waals surface area (Å²) in [6, 6.07) is 7.42. The number of likely N-dealkylation sites (tertiary alicyclic amines) is 1. The van der Waals surface area contributed by atoms with Crippen LogP contribution in [0.4, 0.5) is 0 Å². The fourth-order valence-electron chi connectivity index (χ4n) is 4.53. The zero-order chi connectivity index (χ0) is 20.6. The van der Waals surface area contributed by atoms with Crippen molar-refractivity contribution < 1.29 is 9.32 Å². The third-order valence-corrected chi connectivity index (χ3v) is 6.19. The van der Waals surface area contributed by atoms with Gasteiger partial charge in [-0.05, 0) is 56.4 Å². The van der Waals surface area contributed by atoms with E-state index in [0.717, 1.165) is 42.9 Å². The second-order valence-electron chi connectivity index (χ2n) is 8.61. The van der Waals surface area contributed by atoms with Crippen molar-refractivity contribution in [2.45, 2.75) is 44.4 Å². The van der Waals surface area contributed by atoms with Gasteiger partial charge in [-0.1, -0.05) is 18.0 Å². The first-order valence-electron chi connectivity index (χ1n) is 10.6. The maximum atomic E-state index is 13.2. The molecule has 1 unspecified atom stereocenters. The average Bonchev–Trinajstić information content (AvgIpc) is 3.44. The topological polar surface area (TPSA) is 85.0 Å². The normalized spacial score (nSPS) is 21.6. The Labute approximate surface area is 175 Å². The first kappa shape index (κ1) is 18.9. The fraction of sp³-hybridized carbons (Fsp3) is 0.435. The van der Waals surface area contributed by atoms with Crippen LogP contribution in [0.3, 0.4) is 0 Å². The largest absolute Gasteiger partial charge is 0.338 e. The maximum Gasteiger partial charge on any atom is 0.259 e. The molecule has 1 aliphatic heterocycles. The summed E-state index contributed by atoms with van der Waals surface area (Å²) in [5, 5.41) is 4.39. The lowest BCUT2D eigenvalue weighted by Gasteiger charge is -2.41. The highest BCUT2D eigenvalue weighted by Crippen LogP contribution is 2.46. The van der Waals surface area contributed by atoms with Crippen molar-refractivity contribution in [1.29, 1.82) is 0 Å². The zero-order valence-corrected chi connectivity index (χ0v) is 17.1. The van der Waals surface area contributed by atoms with Crippen LogP contribution in [-0.2, 0) is 5.41 Å². The number of pyridine rings is 2. The van der Waals surface area contributed by atoms with Crippen molar-refractivity contribution in [2.24, 2.45) is 5.92 Å². The van der Waals surface area contributed by atoms with Gasteiger partial charge in [-0.3, -0.25) is 14.8 Å². The molecule has 4 heterocycles. The van der Waals surface area contributed by atoms with Crippen molar-refractivity contribution in [3.8, 4) is 11.5 Å². The Balaban J connectivity index is 1.45. The third-order valence-electron chi connectivity index (χ3n) is 6.19. The van der Waals surface area contributed by atoms with Gasteiger partial charge in [0.1, 0.15) is 0 Å². The third kappa shape index (κ3) is 3.72. The Morgan fingerprint density at radius 2 is 2.20 bits per heavy atom. The monoisotopic (exact) mass is 403 g/mol. The number of hydrogen-bond acceptors (Lipinski definition) is 6. The SMILES string of the molecule is Cc1cc(C(=O)N2CCCC(CC3CC3)(c3noc(-c4cccnc4)n3)C2)ccn1. The van der Waals surface area contributed by atoms with Crippen LogP contribution in [0.25, 0.3) is 11.5 Å². The molecule has 1 saturated carbocycles. The van der Waals surface area contributed by atoms with Gasteiger partial charge in [-0.2, -0.15) is 4.98 Å². The van der Waals surface area contributed by atoms with Crippen LogP contribution in [0.1, 0.15) is 54.0 Å². The van der Waals surface area contributed by atoms with E-state index in [4.69, 9.17) is 9.51 Å². The number of carbonyl (C=O) groups is 1. The molecule has 1 amide bonds. The lowest BCUT2D eigenvalue weighted by Crippen LogP contribution is -2.49. The van der Waals surface area contributed by atoms with Gasteiger partial charge in [0.2, 0.25) is 0 Å². The smallest absolute Gasteiger partial charge is 0.259 e. The van der Waals surface area contributed by atoms with Crippen LogP contribution in [-0.4, -0.2) is 44.0 Å². The van der Waals surface area contributed by atoms with Gasteiger partial charge in [0.25, 0.3) is 11.8 Å². The number of aryl methyl sites for hydroxylation is 1. The molecule has 1 saturated heterocycles. The van der Waals surface area contributed by atoms with E-state index >= 15 is 0 Å². The van der Waals surface area contributed by atoms with Crippen LogP contribution in [0.15, 0.2) is 47.4 Å². The maximum absolute atomic E-state index is 13.2. The number of nitrogens with zero attached hydrogens (tertiary/aromatic N) is 5. The van der Waals surface area contributed by atoms with E-state index in [2.05, 4.69) is 15.1 Å². The second-order valence-corrected chi connectivity index (χ2v) is 8.61. The molecule has 0 bridgehead atoms. The van der Waals surface area contributed by atoms with Crippen molar-refractivity contribution in [3.05, 3.63) is 59.9 Å². The highest BCUT2D eigenvalue weighted by atomic mass is 16.5. The molecule has 5 rings (SSSR count). The first-order valence-corrected chi connectivity index (χ1v) is 10.6. The fourth-order valence-corrected chi connectivity index (χ4v) is 4.53. The molecule has 7 nitrogen and oxygen atoms in total. The molecule has 2 aliphatic rings. The average molecular weight is 403 g/mol. The predicted octanol–water partition coefficient (Wildman–Crippen LogP) is 3.81. The number of amides is 1. The highest BCUT2D eigenvalue weighted by Gasteiger charge is 2.46.